The van der Waals surface area contributed by atoms with Crippen LogP contribution in [0.2, 0.25) is 0 Å². The number of para-hydroxylation sites is 1. The van der Waals surface area contributed by atoms with Crippen molar-refractivity contribution in [3.63, 3.8) is 0 Å². The number of benzene rings is 1. The van der Waals surface area contributed by atoms with E-state index < -0.39 is 0 Å². The van der Waals surface area contributed by atoms with Crippen molar-refractivity contribution in [1.82, 2.24) is 4.98 Å². The average Bonchev–Trinajstić information content (AvgIpc) is 3.03. The lowest BCUT2D eigenvalue weighted by atomic mass is 10.2. The summed E-state index contributed by atoms with van der Waals surface area (Å²) in [6.45, 7) is 2.78. The Bertz CT molecular complexity index is 651. The van der Waals surface area contributed by atoms with Crippen LogP contribution in [0.15, 0.2) is 28.6 Å². The molecule has 0 saturated carbocycles. The number of hydrogen-bond acceptors (Lipinski definition) is 4. The van der Waals surface area contributed by atoms with Gasteiger partial charge in [0.15, 0.2) is 0 Å². The zero-order chi connectivity index (χ0) is 14.1. The Balaban J connectivity index is 1.79. The van der Waals surface area contributed by atoms with Crippen LogP contribution in [-0.4, -0.2) is 23.7 Å². The van der Waals surface area contributed by atoms with Crippen LogP contribution < -0.4 is 4.90 Å². The van der Waals surface area contributed by atoms with Gasteiger partial charge in [-0.3, -0.25) is 4.79 Å². The quantitative estimate of drug-likeness (QED) is 0.816. The summed E-state index contributed by atoms with van der Waals surface area (Å²) in [6, 6.07) is 8.17. The Labute approximate surface area is 127 Å². The highest BCUT2D eigenvalue weighted by molar-refractivity contribution is 8.00. The van der Waals surface area contributed by atoms with Crippen molar-refractivity contribution >= 4 is 34.7 Å². The predicted octanol–water partition coefficient (Wildman–Crippen LogP) is 3.31. The summed E-state index contributed by atoms with van der Waals surface area (Å²) in [7, 11) is 0. The maximum Gasteiger partial charge on any atom is 0.232 e. The molecule has 0 unspecified atom stereocenters. The van der Waals surface area contributed by atoms with E-state index in [0.717, 1.165) is 33.6 Å². The normalized spacial score (nSPS) is 13.6. The molecule has 1 aromatic heterocycles. The van der Waals surface area contributed by atoms with Crippen LogP contribution in [0.3, 0.4) is 0 Å². The monoisotopic (exact) mass is 304 g/mol. The van der Waals surface area contributed by atoms with E-state index in [1.165, 1.54) is 5.56 Å². The molecule has 1 aromatic carbocycles. The summed E-state index contributed by atoms with van der Waals surface area (Å²) in [5.41, 5.74) is 3.33. The molecule has 0 fully saturated rings. The number of fused-ring (bicyclic) bond motifs is 1. The molecule has 3 nitrogen and oxygen atoms in total. The van der Waals surface area contributed by atoms with Crippen molar-refractivity contribution < 1.29 is 4.79 Å². The first-order valence-corrected chi connectivity index (χ1v) is 8.61. The van der Waals surface area contributed by atoms with Crippen molar-refractivity contribution in [2.24, 2.45) is 0 Å². The van der Waals surface area contributed by atoms with Crippen molar-refractivity contribution in [3.05, 3.63) is 40.4 Å². The maximum atomic E-state index is 12.5. The third kappa shape index (κ3) is 2.47. The van der Waals surface area contributed by atoms with E-state index in [1.54, 1.807) is 23.1 Å². The summed E-state index contributed by atoms with van der Waals surface area (Å²) in [5, 5.41) is 0. The van der Waals surface area contributed by atoms with Crippen molar-refractivity contribution in [2.75, 3.05) is 17.7 Å². The second-order valence-corrected chi connectivity index (χ2v) is 6.93. The van der Waals surface area contributed by atoms with Crippen LogP contribution >= 0.6 is 23.1 Å². The highest BCUT2D eigenvalue weighted by atomic mass is 32.2. The highest BCUT2D eigenvalue weighted by Gasteiger charge is 2.25. The van der Waals surface area contributed by atoms with Gasteiger partial charge in [0.05, 0.1) is 12.1 Å². The minimum Gasteiger partial charge on any atom is -0.312 e. The molecule has 0 N–H and O–H groups in total. The van der Waals surface area contributed by atoms with Crippen molar-refractivity contribution in [3.8, 4) is 0 Å². The highest BCUT2D eigenvalue weighted by Crippen LogP contribution is 2.30. The van der Waals surface area contributed by atoms with Gasteiger partial charge < -0.3 is 4.90 Å². The van der Waals surface area contributed by atoms with Gasteiger partial charge in [-0.15, -0.1) is 11.3 Å². The van der Waals surface area contributed by atoms with E-state index in [9.17, 15) is 4.79 Å². The van der Waals surface area contributed by atoms with Gasteiger partial charge in [0, 0.05) is 17.1 Å². The molecule has 20 heavy (non-hydrogen) atoms. The number of hydrogen-bond donors (Lipinski definition) is 0. The fourth-order valence-corrected chi connectivity index (χ4v) is 4.13. The van der Waals surface area contributed by atoms with Gasteiger partial charge in [0.25, 0.3) is 0 Å². The Hall–Kier alpha value is -1.33. The summed E-state index contributed by atoms with van der Waals surface area (Å²) < 4.78 is 1.03. The Kier molecular flexibility index (Phi) is 3.81. The Morgan fingerprint density at radius 2 is 2.25 bits per heavy atom. The first-order valence-electron chi connectivity index (χ1n) is 6.57. The molecule has 5 heteroatoms. The third-order valence-electron chi connectivity index (χ3n) is 3.55. The summed E-state index contributed by atoms with van der Waals surface area (Å²) >= 11 is 3.27. The first kappa shape index (κ1) is 13.6. The van der Waals surface area contributed by atoms with Gasteiger partial charge in [0.1, 0.15) is 4.34 Å². The first-order chi connectivity index (χ1) is 9.69. The number of amides is 1. The van der Waals surface area contributed by atoms with Crippen LogP contribution in [0, 0.1) is 6.92 Å². The minimum atomic E-state index is 0.175. The predicted molar refractivity (Wildman–Crippen MR) is 84.8 cm³/mol. The molecule has 1 aliphatic rings. The number of aromatic nitrogens is 1. The van der Waals surface area contributed by atoms with Gasteiger partial charge in [-0.2, -0.15) is 0 Å². The third-order valence-corrected chi connectivity index (χ3v) is 5.69. The molecular weight excluding hydrogens is 288 g/mol. The van der Waals surface area contributed by atoms with Gasteiger partial charge in [-0.25, -0.2) is 4.98 Å². The van der Waals surface area contributed by atoms with Crippen molar-refractivity contribution in [2.45, 2.75) is 24.1 Å². The fraction of sp³-hybridized carbons (Fsp3) is 0.333. The SMILES string of the molecule is CSc1nc(C)c(CC(=O)N2CCc3ccccc32)s1. The second-order valence-electron chi connectivity index (χ2n) is 4.79. The zero-order valence-corrected chi connectivity index (χ0v) is 13.2. The van der Waals surface area contributed by atoms with E-state index >= 15 is 0 Å². The van der Waals surface area contributed by atoms with Gasteiger partial charge in [-0.05, 0) is 31.2 Å². The molecule has 1 amide bonds. The number of thioether (sulfide) groups is 1. The van der Waals surface area contributed by atoms with E-state index in [2.05, 4.69) is 11.1 Å². The van der Waals surface area contributed by atoms with E-state index in [4.69, 9.17) is 0 Å². The number of carbonyl (C=O) groups excluding carboxylic acids is 1. The fourth-order valence-electron chi connectivity index (χ4n) is 2.48. The van der Waals surface area contributed by atoms with Gasteiger partial charge in [0.2, 0.25) is 5.91 Å². The Morgan fingerprint density at radius 3 is 3.00 bits per heavy atom. The summed E-state index contributed by atoms with van der Waals surface area (Å²) in [4.78, 5) is 20.0. The molecule has 1 aliphatic heterocycles. The van der Waals surface area contributed by atoms with E-state index in [1.807, 2.05) is 36.3 Å². The number of carbonyl (C=O) groups is 1. The number of nitrogens with zero attached hydrogens (tertiary/aromatic N) is 2. The zero-order valence-electron chi connectivity index (χ0n) is 11.5. The molecule has 2 heterocycles. The molecule has 0 saturated heterocycles. The average molecular weight is 304 g/mol. The summed E-state index contributed by atoms with van der Waals surface area (Å²) in [5.74, 6) is 0.175. The summed E-state index contributed by atoms with van der Waals surface area (Å²) in [6.07, 6.45) is 3.43. The topological polar surface area (TPSA) is 33.2 Å². The van der Waals surface area contributed by atoms with Crippen LogP contribution in [0.5, 0.6) is 0 Å². The van der Waals surface area contributed by atoms with Gasteiger partial charge >= 0.3 is 0 Å². The molecular formula is C15H16N2OS2. The molecule has 0 bridgehead atoms. The molecule has 104 valence electrons. The number of anilines is 1. The lowest BCUT2D eigenvalue weighted by Gasteiger charge is -2.16. The molecule has 2 aromatic rings. The van der Waals surface area contributed by atoms with E-state index in [-0.39, 0.29) is 5.91 Å². The van der Waals surface area contributed by atoms with Gasteiger partial charge in [-0.1, -0.05) is 30.0 Å². The number of aryl methyl sites for hydroxylation is 1. The van der Waals surface area contributed by atoms with Crippen molar-refractivity contribution in [1.29, 1.82) is 0 Å². The molecule has 0 spiro atoms. The second kappa shape index (κ2) is 5.58. The molecule has 0 aliphatic carbocycles. The minimum absolute atomic E-state index is 0.175. The van der Waals surface area contributed by atoms with E-state index in [0.29, 0.717) is 6.42 Å². The maximum absolute atomic E-state index is 12.5. The molecule has 3 rings (SSSR count). The smallest absolute Gasteiger partial charge is 0.232 e. The largest absolute Gasteiger partial charge is 0.312 e. The lowest BCUT2D eigenvalue weighted by Crippen LogP contribution is -2.30. The molecule has 0 atom stereocenters. The molecule has 0 radical (unpaired) electrons. The number of thiazole rings is 1. The number of rotatable bonds is 3. The standard InChI is InChI=1S/C15H16N2OS2/c1-10-13(20-15(16-10)19-2)9-14(18)17-8-7-11-5-3-4-6-12(11)17/h3-6H,7-9H2,1-2H3. The lowest BCUT2D eigenvalue weighted by molar-refractivity contribution is -0.117. The van der Waals surface area contributed by atoms with Crippen LogP contribution in [0.1, 0.15) is 16.1 Å². The van der Waals surface area contributed by atoms with Crippen LogP contribution in [0.25, 0.3) is 0 Å². The van der Waals surface area contributed by atoms with Crippen LogP contribution in [0.4, 0.5) is 5.69 Å². The van der Waals surface area contributed by atoms with Crippen LogP contribution in [-0.2, 0) is 17.6 Å². The Morgan fingerprint density at radius 1 is 1.45 bits per heavy atom.